The molecule has 0 aliphatic carbocycles. The summed E-state index contributed by atoms with van der Waals surface area (Å²) < 4.78 is 0. The van der Waals surface area contributed by atoms with Gasteiger partial charge in [0.25, 0.3) is 0 Å². The average Bonchev–Trinajstić information content (AvgIpc) is 1.86. The lowest BCUT2D eigenvalue weighted by molar-refractivity contribution is 1.03. The highest BCUT2D eigenvalue weighted by Crippen LogP contribution is 2.15. The molecule has 0 spiro atoms. The highest BCUT2D eigenvalue weighted by atomic mass is 31.1. The van der Waals surface area contributed by atoms with Crippen molar-refractivity contribution in [3.63, 3.8) is 0 Å². The van der Waals surface area contributed by atoms with Crippen molar-refractivity contribution in [2.45, 2.75) is 19.8 Å². The van der Waals surface area contributed by atoms with E-state index < -0.39 is 0 Å². The van der Waals surface area contributed by atoms with Crippen LogP contribution in [0.25, 0.3) is 0 Å². The molecule has 1 aliphatic rings. The van der Waals surface area contributed by atoms with Crippen LogP contribution in [0.4, 0.5) is 0 Å². The van der Waals surface area contributed by atoms with Gasteiger partial charge in [-0.3, -0.25) is 0 Å². The zero-order chi connectivity index (χ0) is 4.41. The third-order valence-electron chi connectivity index (χ3n) is 1.08. The van der Waals surface area contributed by atoms with E-state index in [0.29, 0.717) is 0 Å². The van der Waals surface area contributed by atoms with Gasteiger partial charge in [0.05, 0.1) is 0 Å². The topological polar surface area (TPSA) is 0 Å². The van der Waals surface area contributed by atoms with E-state index in [1.165, 1.54) is 19.0 Å². The first kappa shape index (κ1) is 4.33. The van der Waals surface area contributed by atoms with Crippen molar-refractivity contribution in [2.24, 2.45) is 0 Å². The molecule has 0 unspecified atom stereocenters. The Morgan fingerprint density at radius 1 is 1.67 bits per heavy atom. The summed E-state index contributed by atoms with van der Waals surface area (Å²) in [6.07, 6.45) is 4.25. The second kappa shape index (κ2) is 1.75. The van der Waals surface area contributed by atoms with Gasteiger partial charge in [0.15, 0.2) is 0 Å². The quantitative estimate of drug-likeness (QED) is 0.408. The van der Waals surface area contributed by atoms with Crippen molar-refractivity contribution in [3.05, 3.63) is 0 Å². The van der Waals surface area contributed by atoms with Crippen molar-refractivity contribution < 1.29 is 0 Å². The minimum Gasteiger partial charge on any atom is -0.106 e. The molecule has 1 heteroatoms. The molecule has 1 heterocycles. The summed E-state index contributed by atoms with van der Waals surface area (Å²) >= 11 is 0. The van der Waals surface area contributed by atoms with E-state index >= 15 is 0 Å². The van der Waals surface area contributed by atoms with Crippen molar-refractivity contribution in [3.8, 4) is 0 Å². The Morgan fingerprint density at radius 3 is 2.67 bits per heavy atom. The lowest BCUT2D eigenvalue weighted by Gasteiger charge is -1.78. The first-order valence-corrected chi connectivity index (χ1v) is 3.47. The molecule has 0 saturated carbocycles. The van der Waals surface area contributed by atoms with E-state index in [2.05, 4.69) is 6.92 Å². The predicted octanol–water partition coefficient (Wildman–Crippen LogP) is 1.92. The molecule has 6 heavy (non-hydrogen) atoms. The maximum atomic E-state index is 2.24. The molecular weight excluding hydrogens is 91.0 g/mol. The number of hydrogen-bond acceptors (Lipinski definition) is 0. The average molecular weight is 100 g/mol. The van der Waals surface area contributed by atoms with Crippen LogP contribution in [0, 0.1) is 0 Å². The van der Waals surface area contributed by atoms with E-state index in [1.54, 1.807) is 13.5 Å². The molecule has 0 fully saturated rings. The van der Waals surface area contributed by atoms with Gasteiger partial charge in [-0.05, 0) is 25.9 Å². The molecule has 0 nitrogen and oxygen atoms in total. The molecule has 0 bridgehead atoms. The summed E-state index contributed by atoms with van der Waals surface area (Å²) in [4.78, 5) is 0. The Morgan fingerprint density at radius 2 is 2.50 bits per heavy atom. The summed E-state index contributed by atoms with van der Waals surface area (Å²) in [7, 11) is 1.61. The Hall–Kier alpha value is 0.170. The fraction of sp³-hybridized carbons (Fsp3) is 0.800. The molecule has 1 aliphatic heterocycles. The Kier molecular flexibility index (Phi) is 1.26. The van der Waals surface area contributed by atoms with E-state index in [-0.39, 0.29) is 0 Å². The third kappa shape index (κ3) is 0.815. The summed E-state index contributed by atoms with van der Waals surface area (Å²) in [6, 6.07) is 0. The van der Waals surface area contributed by atoms with Gasteiger partial charge in [0.2, 0.25) is 0 Å². The van der Waals surface area contributed by atoms with Crippen LogP contribution in [-0.4, -0.2) is 11.5 Å². The van der Waals surface area contributed by atoms with Crippen LogP contribution in [-0.2, 0) is 0 Å². The molecule has 0 aromatic carbocycles. The highest BCUT2D eigenvalue weighted by Gasteiger charge is 1.95. The van der Waals surface area contributed by atoms with Gasteiger partial charge in [-0.1, -0.05) is 5.29 Å². The van der Waals surface area contributed by atoms with Gasteiger partial charge in [-0.2, -0.15) is 0 Å². The minimum atomic E-state index is 1.39. The van der Waals surface area contributed by atoms with Crippen molar-refractivity contribution in [2.75, 3.05) is 6.16 Å². The highest BCUT2D eigenvalue weighted by molar-refractivity contribution is 7.41. The third-order valence-corrected chi connectivity index (χ3v) is 2.38. The van der Waals surface area contributed by atoms with Crippen LogP contribution < -0.4 is 0 Å². The van der Waals surface area contributed by atoms with Crippen LogP contribution in [0.3, 0.4) is 0 Å². The molecule has 0 radical (unpaired) electrons. The molecule has 0 amide bonds. The van der Waals surface area contributed by atoms with Crippen LogP contribution in [0.2, 0.25) is 0 Å². The summed E-state index contributed by atoms with van der Waals surface area (Å²) in [5.41, 5.74) is 0. The van der Waals surface area contributed by atoms with E-state index in [0.717, 1.165) is 0 Å². The summed E-state index contributed by atoms with van der Waals surface area (Å²) in [6.45, 7) is 2.24. The van der Waals surface area contributed by atoms with Crippen LogP contribution in [0.1, 0.15) is 19.8 Å². The molecule has 0 saturated heterocycles. The predicted molar refractivity (Wildman–Crippen MR) is 31.7 cm³/mol. The second-order valence-corrected chi connectivity index (χ2v) is 3.25. The molecule has 1 rings (SSSR count). The Labute approximate surface area is 40.4 Å². The van der Waals surface area contributed by atoms with Crippen molar-refractivity contribution >= 4 is 13.5 Å². The molecule has 0 N–H and O–H groups in total. The van der Waals surface area contributed by atoms with E-state index in [4.69, 9.17) is 0 Å². The SMILES string of the molecule is CC1=PCCC1. The van der Waals surface area contributed by atoms with Crippen molar-refractivity contribution in [1.82, 2.24) is 0 Å². The smallest absolute Gasteiger partial charge is 0.0104 e. The summed E-state index contributed by atoms with van der Waals surface area (Å²) in [5, 5.41) is 1.68. The lowest BCUT2D eigenvalue weighted by atomic mass is 10.3. The second-order valence-electron chi connectivity index (χ2n) is 1.72. The Bertz CT molecular complexity index is 74.0. The zero-order valence-corrected chi connectivity index (χ0v) is 4.96. The van der Waals surface area contributed by atoms with Crippen molar-refractivity contribution in [1.29, 1.82) is 0 Å². The monoisotopic (exact) mass is 100 g/mol. The molecule has 34 valence electrons. The zero-order valence-electron chi connectivity index (χ0n) is 4.07. The standard InChI is InChI=1S/C5H9P/c1-5-3-2-4-6-5/h2-4H2,1H3. The van der Waals surface area contributed by atoms with Gasteiger partial charge in [-0.15, -0.1) is 8.20 Å². The first-order chi connectivity index (χ1) is 2.89. The van der Waals surface area contributed by atoms with E-state index in [1.807, 2.05) is 0 Å². The molecule has 0 atom stereocenters. The van der Waals surface area contributed by atoms with Gasteiger partial charge >= 0.3 is 0 Å². The van der Waals surface area contributed by atoms with Crippen LogP contribution in [0.15, 0.2) is 0 Å². The van der Waals surface area contributed by atoms with Gasteiger partial charge in [0, 0.05) is 0 Å². The largest absolute Gasteiger partial charge is 0.106 e. The van der Waals surface area contributed by atoms with Crippen LogP contribution in [0.5, 0.6) is 0 Å². The van der Waals surface area contributed by atoms with Gasteiger partial charge in [-0.25, -0.2) is 0 Å². The lowest BCUT2D eigenvalue weighted by Crippen LogP contribution is -1.75. The normalized spacial score (nSPS) is 23.8. The van der Waals surface area contributed by atoms with E-state index in [9.17, 15) is 0 Å². The minimum absolute atomic E-state index is 1.39. The van der Waals surface area contributed by atoms with Crippen LogP contribution >= 0.6 is 8.20 Å². The fourth-order valence-electron chi connectivity index (χ4n) is 0.684. The molecule has 0 aromatic heterocycles. The Balaban J connectivity index is 2.45. The summed E-state index contributed by atoms with van der Waals surface area (Å²) in [5.74, 6) is 0. The van der Waals surface area contributed by atoms with Gasteiger partial charge in [0.1, 0.15) is 0 Å². The molecular formula is C5H9P. The maximum Gasteiger partial charge on any atom is -0.0104 e. The fourth-order valence-corrected chi connectivity index (χ4v) is 1.70. The first-order valence-electron chi connectivity index (χ1n) is 2.39. The number of rotatable bonds is 0. The maximum absolute atomic E-state index is 2.24. The molecule has 0 aromatic rings. The van der Waals surface area contributed by atoms with Gasteiger partial charge < -0.3 is 0 Å². The number of hydrogen-bond donors (Lipinski definition) is 0.